The fourth-order valence-electron chi connectivity index (χ4n) is 4.67. The number of carbonyl (C=O) groups excluding carboxylic acids is 8. The molecule has 0 aromatic carbocycles. The minimum absolute atomic E-state index is 0. The Bertz CT molecular complexity index is 1410. The Morgan fingerprint density at radius 2 is 0.804 bits per heavy atom. The van der Waals surface area contributed by atoms with Gasteiger partial charge in [-0.05, 0) is 0 Å². The minimum atomic E-state index is -2.29. The predicted molar refractivity (Wildman–Crippen MR) is 189 cm³/mol. The zero-order valence-corrected chi connectivity index (χ0v) is 32.3. The molecule has 21 nitrogen and oxygen atoms in total. The van der Waals surface area contributed by atoms with Gasteiger partial charge in [-0.2, -0.15) is 0 Å². The summed E-state index contributed by atoms with van der Waals surface area (Å²) in [7, 11) is 0. The molecule has 0 aliphatic carbocycles. The molecular formula is C32H48Cl3NO20. The predicted octanol–water partition coefficient (Wildman–Crippen LogP) is 1.77. The molecule has 322 valence electrons. The monoisotopic (exact) mass is 871 g/mol. The van der Waals surface area contributed by atoms with Crippen LogP contribution in [0, 0.1) is 5.41 Å². The number of alkyl halides is 3. The van der Waals surface area contributed by atoms with E-state index in [4.69, 9.17) is 92.3 Å². The quantitative estimate of drug-likeness (QED) is 0.0983. The Morgan fingerprint density at radius 1 is 0.500 bits per heavy atom. The molecule has 2 rings (SSSR count). The van der Waals surface area contributed by atoms with E-state index in [1.807, 2.05) is 0 Å². The second-order valence-electron chi connectivity index (χ2n) is 11.1. The van der Waals surface area contributed by atoms with Crippen molar-refractivity contribution in [3.63, 3.8) is 0 Å². The van der Waals surface area contributed by atoms with Crippen LogP contribution in [0.3, 0.4) is 0 Å². The smallest absolute Gasteiger partial charge is 0.303 e. The molecule has 0 radical (unpaired) electrons. The number of nitrogens with one attached hydrogen (secondary N) is 1. The minimum Gasteiger partial charge on any atom is -0.463 e. The molecule has 0 bridgehead atoms. The third-order valence-corrected chi connectivity index (χ3v) is 6.92. The van der Waals surface area contributed by atoms with Crippen molar-refractivity contribution in [3.8, 4) is 0 Å². The summed E-state index contributed by atoms with van der Waals surface area (Å²) in [5, 5.41) is 17.8. The van der Waals surface area contributed by atoms with Gasteiger partial charge in [0.25, 0.3) is 3.79 Å². The van der Waals surface area contributed by atoms with Crippen LogP contribution in [0.1, 0.15) is 70.2 Å². The Kier molecular flexibility index (Phi) is 23.7. The zero-order valence-electron chi connectivity index (χ0n) is 30.0. The van der Waals surface area contributed by atoms with Crippen LogP contribution in [-0.2, 0) is 90.5 Å². The number of aliphatic hydroxyl groups excluding tert-OH is 1. The van der Waals surface area contributed by atoms with Crippen molar-refractivity contribution >= 4 is 88.5 Å². The van der Waals surface area contributed by atoms with Crippen molar-refractivity contribution < 1.29 is 95.6 Å². The summed E-state index contributed by atoms with van der Waals surface area (Å²) < 4.78 is 53.9. The van der Waals surface area contributed by atoms with Gasteiger partial charge in [0.2, 0.25) is 18.3 Å². The molecule has 0 saturated carbocycles. The highest BCUT2D eigenvalue weighted by Crippen LogP contribution is 2.34. The van der Waals surface area contributed by atoms with Gasteiger partial charge in [-0.3, -0.25) is 43.8 Å². The van der Waals surface area contributed by atoms with Gasteiger partial charge in [0, 0.05) is 55.4 Å². The van der Waals surface area contributed by atoms with E-state index in [0.717, 1.165) is 55.4 Å². The maximum atomic E-state index is 11.7. The summed E-state index contributed by atoms with van der Waals surface area (Å²) in [6.45, 7) is 7.94. The largest absolute Gasteiger partial charge is 0.463 e. The molecule has 2 heterocycles. The van der Waals surface area contributed by atoms with Gasteiger partial charge < -0.3 is 57.2 Å². The van der Waals surface area contributed by atoms with Crippen molar-refractivity contribution in [1.82, 2.24) is 0 Å². The molecule has 5 unspecified atom stereocenters. The second-order valence-corrected chi connectivity index (χ2v) is 13.4. The summed E-state index contributed by atoms with van der Waals surface area (Å²) in [5.41, 5.74) is 0. The van der Waals surface area contributed by atoms with E-state index < -0.39 is 125 Å². The van der Waals surface area contributed by atoms with Crippen LogP contribution in [0.25, 0.3) is 0 Å². The second kappa shape index (κ2) is 24.6. The molecule has 2 fully saturated rings. The number of hydrogen-bond donors (Lipinski definition) is 2. The Morgan fingerprint density at radius 3 is 1.14 bits per heavy atom. The average Bonchev–Trinajstić information content (AvgIpc) is 2.99. The van der Waals surface area contributed by atoms with Crippen LogP contribution in [0.4, 0.5) is 0 Å². The van der Waals surface area contributed by atoms with E-state index in [-0.39, 0.29) is 21.5 Å². The highest BCUT2D eigenvalue weighted by Gasteiger charge is 2.55. The summed E-state index contributed by atoms with van der Waals surface area (Å²) in [6.07, 6.45) is -14.0. The molecule has 0 aromatic heterocycles. The summed E-state index contributed by atoms with van der Waals surface area (Å²) in [4.78, 5) is 90.9. The van der Waals surface area contributed by atoms with Gasteiger partial charge in [-0.1, -0.05) is 49.7 Å². The van der Waals surface area contributed by atoms with Crippen molar-refractivity contribution in [1.29, 1.82) is 5.41 Å². The van der Waals surface area contributed by atoms with Gasteiger partial charge >= 0.3 is 47.8 Å². The summed E-state index contributed by atoms with van der Waals surface area (Å²) in [5.74, 6) is -6.90. The van der Waals surface area contributed by atoms with Gasteiger partial charge in [-0.25, -0.2) is 0 Å². The van der Waals surface area contributed by atoms with E-state index in [9.17, 15) is 43.5 Å². The van der Waals surface area contributed by atoms with Gasteiger partial charge in [-0.15, -0.1) is 0 Å². The number of halogens is 3. The molecule has 0 amide bonds. The van der Waals surface area contributed by atoms with Crippen LogP contribution in [0.5, 0.6) is 0 Å². The molecular weight excluding hydrogens is 825 g/mol. The number of esters is 8. The molecule has 2 aliphatic rings. The number of rotatable bonds is 11. The fraction of sp³-hybridized carbons (Fsp3) is 0.719. The molecule has 0 spiro atoms. The molecule has 24 heteroatoms. The first-order chi connectivity index (χ1) is 24.8. The highest BCUT2D eigenvalue weighted by molar-refractivity contribution is 6.76. The van der Waals surface area contributed by atoms with Crippen LogP contribution < -0.4 is 0 Å². The molecule has 56 heavy (non-hydrogen) atoms. The third-order valence-electron chi connectivity index (χ3n) is 6.41. The molecule has 0 aromatic rings. The molecule has 2 saturated heterocycles. The lowest BCUT2D eigenvalue weighted by atomic mass is 9.98. The van der Waals surface area contributed by atoms with Gasteiger partial charge in [0.15, 0.2) is 36.8 Å². The maximum Gasteiger partial charge on any atom is 0.303 e. The lowest BCUT2D eigenvalue weighted by molar-refractivity contribution is -0.296. The lowest BCUT2D eigenvalue weighted by Gasteiger charge is -2.44. The van der Waals surface area contributed by atoms with Gasteiger partial charge in [0.1, 0.15) is 25.4 Å². The van der Waals surface area contributed by atoms with Crippen molar-refractivity contribution in [2.24, 2.45) is 0 Å². The topological polar surface area (TPSA) is 282 Å². The molecule has 2 aliphatic heterocycles. The summed E-state index contributed by atoms with van der Waals surface area (Å²) in [6, 6.07) is 0. The maximum absolute atomic E-state index is 11.7. The number of hydrogen-bond acceptors (Lipinski definition) is 21. The lowest BCUT2D eigenvalue weighted by Crippen LogP contribution is -2.63. The van der Waals surface area contributed by atoms with E-state index >= 15 is 0 Å². The van der Waals surface area contributed by atoms with Crippen molar-refractivity contribution in [2.45, 2.75) is 135 Å². The first kappa shape index (κ1) is 54.1. The number of aliphatic hydroxyl groups is 1. The SMILES string of the molecule is C.C.CC(=O)OCC1OC(O)C(OC(C)=O)[C@@H](OC(C)=O)[C@H]1OC(C)=O.CC(=O)OCC1O[C@H](OC(=N)C(Cl)(Cl)Cl)C(OC(C)=O)[C@@H](OC(C)=O)[C@H]1OC(C)=O. The van der Waals surface area contributed by atoms with Crippen LogP contribution >= 0.6 is 34.8 Å². The van der Waals surface area contributed by atoms with Crippen LogP contribution in [0.2, 0.25) is 0 Å². The highest BCUT2D eigenvalue weighted by atomic mass is 35.6. The molecule has 10 atom stereocenters. The van der Waals surface area contributed by atoms with E-state index in [2.05, 4.69) is 0 Å². The van der Waals surface area contributed by atoms with Crippen LogP contribution in [0.15, 0.2) is 0 Å². The fourth-order valence-corrected chi connectivity index (χ4v) is 4.81. The van der Waals surface area contributed by atoms with Gasteiger partial charge in [0.05, 0.1) is 0 Å². The zero-order chi connectivity index (χ0) is 41.7. The standard InChI is InChI=1S/C16H20Cl3NO10.C14H20O10.2CH4/c1-6(21)25-5-10-11(26-7(2)22)12(27-8(3)23)13(28-9(4)24)14(29-10)30-15(20)16(17,18)19;1-6(15)20-5-10-11(21-7(2)16)12(22-8(3)17)13(14(19)24-10)23-9(4)18;;/h10-14,20H,5H2,1-4H3;10-14,19H,5H2,1-4H3;2*1H4/t10?,11-,12-,13?,14+;10?,11-,12-,13?,14?;;/m00../s1. The average molecular weight is 873 g/mol. The number of ether oxygens (including phenoxy) is 11. The van der Waals surface area contributed by atoms with Crippen molar-refractivity contribution in [2.75, 3.05) is 13.2 Å². The van der Waals surface area contributed by atoms with E-state index in [0.29, 0.717) is 0 Å². The molecule has 2 N–H and O–H groups in total. The van der Waals surface area contributed by atoms with Crippen LogP contribution in [-0.4, -0.2) is 137 Å². The summed E-state index contributed by atoms with van der Waals surface area (Å²) >= 11 is 16.8. The third kappa shape index (κ3) is 18.7. The van der Waals surface area contributed by atoms with Crippen molar-refractivity contribution in [3.05, 3.63) is 0 Å². The Labute approximate surface area is 337 Å². The Hall–Kier alpha value is -4.02. The van der Waals surface area contributed by atoms with E-state index in [1.165, 1.54) is 0 Å². The first-order valence-corrected chi connectivity index (χ1v) is 16.6. The first-order valence-electron chi connectivity index (χ1n) is 15.4. The normalized spacial score (nSPS) is 26.6. The number of carbonyl (C=O) groups is 8. The Balaban J connectivity index is 0. The van der Waals surface area contributed by atoms with E-state index in [1.54, 1.807) is 0 Å².